The molecule has 0 aromatic heterocycles. The fourth-order valence-corrected chi connectivity index (χ4v) is 2.16. The molecule has 5 heteroatoms. The molecule has 0 fully saturated rings. The van der Waals surface area contributed by atoms with E-state index in [1.807, 2.05) is 18.2 Å². The van der Waals surface area contributed by atoms with Crippen molar-refractivity contribution < 1.29 is 24.5 Å². The molecule has 0 amide bonds. The first-order valence-corrected chi connectivity index (χ1v) is 6.80. The summed E-state index contributed by atoms with van der Waals surface area (Å²) in [5.41, 5.74) is -0.134. The molecule has 0 saturated carbocycles. The Morgan fingerprint density at radius 2 is 1.91 bits per heavy atom. The number of phenols is 2. The molecule has 0 heterocycles. The third kappa shape index (κ3) is 3.49. The monoisotopic (exact) mass is 302 g/mol. The van der Waals surface area contributed by atoms with Crippen LogP contribution in [0.3, 0.4) is 0 Å². The van der Waals surface area contributed by atoms with E-state index in [1.54, 1.807) is 13.2 Å². The van der Waals surface area contributed by atoms with Gasteiger partial charge in [0.05, 0.1) is 14.2 Å². The van der Waals surface area contributed by atoms with Crippen LogP contribution in [0, 0.1) is 5.92 Å². The molecule has 0 radical (unpaired) electrons. The molecule has 0 spiro atoms. The highest BCUT2D eigenvalue weighted by Gasteiger charge is 2.16. The Balaban J connectivity index is 2.12. The van der Waals surface area contributed by atoms with Gasteiger partial charge in [0.25, 0.3) is 0 Å². The summed E-state index contributed by atoms with van der Waals surface area (Å²) in [7, 11) is 3.01. The van der Waals surface area contributed by atoms with E-state index in [4.69, 9.17) is 9.47 Å². The number of ether oxygens (including phenoxy) is 2. The lowest BCUT2D eigenvalue weighted by atomic mass is 9.98. The highest BCUT2D eigenvalue weighted by atomic mass is 16.5. The third-order valence-electron chi connectivity index (χ3n) is 3.38. The normalized spacial score (nSPS) is 17.4. The fraction of sp³-hybridized carbons (Fsp3) is 0.235. The summed E-state index contributed by atoms with van der Waals surface area (Å²) in [6.07, 6.45) is 9.50. The Labute approximate surface area is 128 Å². The van der Waals surface area contributed by atoms with Crippen molar-refractivity contribution in [3.63, 3.8) is 0 Å². The van der Waals surface area contributed by atoms with Crippen LogP contribution < -0.4 is 4.74 Å². The first-order valence-electron chi connectivity index (χ1n) is 6.80. The quantitative estimate of drug-likeness (QED) is 0.646. The van der Waals surface area contributed by atoms with E-state index in [0.717, 1.165) is 12.2 Å². The maximum absolute atomic E-state index is 12.1. The van der Waals surface area contributed by atoms with Crippen LogP contribution in [-0.4, -0.2) is 30.2 Å². The van der Waals surface area contributed by atoms with E-state index in [-0.39, 0.29) is 28.7 Å². The number of benzene rings is 1. The first-order chi connectivity index (χ1) is 10.5. The molecule has 1 aliphatic carbocycles. The van der Waals surface area contributed by atoms with Crippen molar-refractivity contribution in [2.24, 2.45) is 5.92 Å². The van der Waals surface area contributed by atoms with E-state index in [2.05, 4.69) is 0 Å². The smallest absolute Gasteiger partial charge is 0.193 e. The lowest BCUT2D eigenvalue weighted by Gasteiger charge is -2.11. The third-order valence-corrected chi connectivity index (χ3v) is 3.38. The Kier molecular flexibility index (Phi) is 4.88. The molecule has 0 saturated heterocycles. The molecule has 2 rings (SSSR count). The van der Waals surface area contributed by atoms with Crippen molar-refractivity contribution in [1.29, 1.82) is 0 Å². The van der Waals surface area contributed by atoms with Gasteiger partial charge in [-0.05, 0) is 30.6 Å². The van der Waals surface area contributed by atoms with Gasteiger partial charge in [0.1, 0.15) is 28.6 Å². The minimum absolute atomic E-state index is 0.0744. The largest absolute Gasteiger partial charge is 0.507 e. The number of hydrogen-bond acceptors (Lipinski definition) is 5. The van der Waals surface area contributed by atoms with E-state index in [0.29, 0.717) is 0 Å². The number of carbonyl (C=O) groups excluding carboxylic acids is 1. The molecule has 1 aromatic rings. The number of aromatic hydroxyl groups is 2. The van der Waals surface area contributed by atoms with Crippen molar-refractivity contribution in [1.82, 2.24) is 0 Å². The average molecular weight is 302 g/mol. The number of allylic oxidation sites excluding steroid dienone is 5. The van der Waals surface area contributed by atoms with Crippen LogP contribution in [0.1, 0.15) is 16.8 Å². The Morgan fingerprint density at radius 3 is 2.41 bits per heavy atom. The van der Waals surface area contributed by atoms with E-state index in [1.165, 1.54) is 25.3 Å². The zero-order valence-corrected chi connectivity index (χ0v) is 12.4. The summed E-state index contributed by atoms with van der Waals surface area (Å²) in [5.74, 6) is 0.0573. The average Bonchev–Trinajstić information content (AvgIpc) is 2.52. The maximum Gasteiger partial charge on any atom is 0.193 e. The topological polar surface area (TPSA) is 76.0 Å². The van der Waals surface area contributed by atoms with Gasteiger partial charge < -0.3 is 19.7 Å². The highest BCUT2D eigenvalue weighted by Crippen LogP contribution is 2.33. The summed E-state index contributed by atoms with van der Waals surface area (Å²) < 4.78 is 10.0. The summed E-state index contributed by atoms with van der Waals surface area (Å²) in [6, 6.07) is 2.57. The van der Waals surface area contributed by atoms with Crippen molar-refractivity contribution in [3.8, 4) is 17.2 Å². The summed E-state index contributed by atoms with van der Waals surface area (Å²) >= 11 is 0. The second-order valence-corrected chi connectivity index (χ2v) is 4.83. The van der Waals surface area contributed by atoms with Crippen LogP contribution in [0.2, 0.25) is 0 Å². The second-order valence-electron chi connectivity index (χ2n) is 4.83. The zero-order valence-electron chi connectivity index (χ0n) is 12.4. The van der Waals surface area contributed by atoms with Gasteiger partial charge in [-0.2, -0.15) is 0 Å². The number of ketones is 1. The minimum atomic E-state index is -0.465. The number of phenolic OH excluding ortho intramolecular Hbond substituents is 2. The van der Waals surface area contributed by atoms with Crippen molar-refractivity contribution in [2.45, 2.75) is 6.42 Å². The maximum atomic E-state index is 12.1. The van der Waals surface area contributed by atoms with Crippen LogP contribution in [-0.2, 0) is 4.74 Å². The summed E-state index contributed by atoms with van der Waals surface area (Å²) in [6.45, 7) is 0. The predicted octanol–water partition coefficient (Wildman–Crippen LogP) is 2.95. The van der Waals surface area contributed by atoms with Gasteiger partial charge in [-0.3, -0.25) is 4.79 Å². The molecule has 0 bridgehead atoms. The first kappa shape index (κ1) is 15.7. The van der Waals surface area contributed by atoms with E-state index in [9.17, 15) is 15.0 Å². The molecule has 0 aliphatic heterocycles. The van der Waals surface area contributed by atoms with Crippen LogP contribution >= 0.6 is 0 Å². The molecular weight excluding hydrogens is 284 g/mol. The molecule has 5 nitrogen and oxygen atoms in total. The van der Waals surface area contributed by atoms with Gasteiger partial charge in [0.15, 0.2) is 5.78 Å². The van der Waals surface area contributed by atoms with E-state index >= 15 is 0 Å². The fourth-order valence-electron chi connectivity index (χ4n) is 2.16. The van der Waals surface area contributed by atoms with Crippen LogP contribution in [0.25, 0.3) is 0 Å². The van der Waals surface area contributed by atoms with Gasteiger partial charge >= 0.3 is 0 Å². The van der Waals surface area contributed by atoms with Gasteiger partial charge in [-0.1, -0.05) is 12.2 Å². The molecular formula is C17H18O5. The van der Waals surface area contributed by atoms with Crippen molar-refractivity contribution >= 4 is 5.78 Å². The van der Waals surface area contributed by atoms with Gasteiger partial charge in [0, 0.05) is 12.1 Å². The highest BCUT2D eigenvalue weighted by molar-refractivity contribution is 6.08. The van der Waals surface area contributed by atoms with Crippen LogP contribution in [0.4, 0.5) is 0 Å². The van der Waals surface area contributed by atoms with Gasteiger partial charge in [-0.25, -0.2) is 0 Å². The Morgan fingerprint density at radius 1 is 1.23 bits per heavy atom. The molecule has 1 aromatic carbocycles. The Hall–Kier alpha value is -2.69. The van der Waals surface area contributed by atoms with Crippen LogP contribution in [0.5, 0.6) is 17.2 Å². The lowest BCUT2D eigenvalue weighted by molar-refractivity contribution is 0.104. The standard InChI is InChI=1S/C17H18O5/c1-21-12-6-3-11(4-7-12)5-8-14(18)17-15(19)9-13(22-2)10-16(17)20/h3,5-11,19-20H,4H2,1-2H3/b8-5+/t11-/m0/s1. The van der Waals surface area contributed by atoms with Crippen molar-refractivity contribution in [2.75, 3.05) is 14.2 Å². The lowest BCUT2D eigenvalue weighted by Crippen LogP contribution is -2.01. The molecule has 1 atom stereocenters. The molecule has 22 heavy (non-hydrogen) atoms. The number of carbonyl (C=O) groups is 1. The van der Waals surface area contributed by atoms with Crippen LogP contribution in [0.15, 0.2) is 48.3 Å². The number of methoxy groups -OCH3 is 2. The van der Waals surface area contributed by atoms with E-state index < -0.39 is 5.78 Å². The van der Waals surface area contributed by atoms with Gasteiger partial charge in [0.2, 0.25) is 0 Å². The molecule has 0 unspecified atom stereocenters. The molecule has 1 aliphatic rings. The predicted molar refractivity (Wildman–Crippen MR) is 82.1 cm³/mol. The minimum Gasteiger partial charge on any atom is -0.507 e. The summed E-state index contributed by atoms with van der Waals surface area (Å²) in [5, 5.41) is 19.7. The Bertz CT molecular complexity index is 632. The zero-order chi connectivity index (χ0) is 16.1. The number of hydrogen-bond donors (Lipinski definition) is 2. The molecule has 116 valence electrons. The number of rotatable bonds is 5. The summed E-state index contributed by atoms with van der Waals surface area (Å²) in [4.78, 5) is 12.1. The molecule has 2 N–H and O–H groups in total. The van der Waals surface area contributed by atoms with Gasteiger partial charge in [-0.15, -0.1) is 0 Å². The SMILES string of the molecule is COC1=CC[C@@H](/C=C/C(=O)c2c(O)cc(OC)cc2O)C=C1. The second kappa shape index (κ2) is 6.85. The van der Waals surface area contributed by atoms with Crippen molar-refractivity contribution in [3.05, 3.63) is 53.8 Å².